The van der Waals surface area contributed by atoms with E-state index in [4.69, 9.17) is 5.11 Å². The van der Waals surface area contributed by atoms with Crippen LogP contribution in [0.4, 0.5) is 13.2 Å². The van der Waals surface area contributed by atoms with Gasteiger partial charge in [-0.1, -0.05) is 11.8 Å². The number of carbonyl (C=O) groups is 1. The van der Waals surface area contributed by atoms with Gasteiger partial charge in [-0.3, -0.25) is 4.79 Å². The first-order chi connectivity index (χ1) is 8.95. The first kappa shape index (κ1) is 15.1. The summed E-state index contributed by atoms with van der Waals surface area (Å²) in [7, 11) is 1.17. The Morgan fingerprint density at radius 1 is 1.47 bits per heavy atom. The minimum Gasteiger partial charge on any atom is -0.384 e. The minimum atomic E-state index is -2.67. The smallest absolute Gasteiger partial charge is 0.256 e. The van der Waals surface area contributed by atoms with Gasteiger partial charge in [-0.15, -0.1) is 0 Å². The highest BCUT2D eigenvalue weighted by Crippen LogP contribution is 2.12. The molecule has 1 N–H and O–H groups in total. The molecule has 0 radical (unpaired) electrons. The van der Waals surface area contributed by atoms with Crippen molar-refractivity contribution in [3.8, 4) is 11.8 Å². The van der Waals surface area contributed by atoms with Gasteiger partial charge in [-0.2, -0.15) is 0 Å². The Morgan fingerprint density at radius 3 is 2.68 bits per heavy atom. The van der Waals surface area contributed by atoms with Gasteiger partial charge in [0.15, 0.2) is 0 Å². The topological polar surface area (TPSA) is 40.5 Å². The minimum absolute atomic E-state index is 0.291. The Kier molecular flexibility index (Phi) is 5.39. The second-order valence-corrected chi connectivity index (χ2v) is 3.73. The van der Waals surface area contributed by atoms with E-state index in [1.807, 2.05) is 0 Å². The van der Waals surface area contributed by atoms with Crippen molar-refractivity contribution >= 4 is 5.91 Å². The molecular formula is C13H12F3NO2. The molecule has 0 saturated heterocycles. The predicted molar refractivity (Wildman–Crippen MR) is 63.3 cm³/mol. The van der Waals surface area contributed by atoms with Crippen LogP contribution in [-0.4, -0.2) is 42.5 Å². The summed E-state index contributed by atoms with van der Waals surface area (Å²) < 4.78 is 37.9. The summed E-state index contributed by atoms with van der Waals surface area (Å²) in [6, 6.07) is 3.59. The maximum Gasteiger partial charge on any atom is 0.256 e. The van der Waals surface area contributed by atoms with E-state index in [-0.39, 0.29) is 12.2 Å². The number of alkyl halides is 2. The molecule has 0 unspecified atom stereocenters. The maximum atomic E-state index is 13.7. The van der Waals surface area contributed by atoms with E-state index in [2.05, 4.69) is 11.8 Å². The molecule has 1 amide bonds. The molecule has 1 rings (SSSR count). The molecule has 6 heteroatoms. The maximum absolute atomic E-state index is 13.7. The van der Waals surface area contributed by atoms with Gasteiger partial charge in [0.2, 0.25) is 0 Å². The zero-order chi connectivity index (χ0) is 14.4. The average molecular weight is 271 g/mol. The van der Waals surface area contributed by atoms with Crippen molar-refractivity contribution in [3.05, 3.63) is 35.1 Å². The zero-order valence-electron chi connectivity index (χ0n) is 10.2. The molecule has 0 spiro atoms. The highest BCUT2D eigenvalue weighted by atomic mass is 19.3. The summed E-state index contributed by atoms with van der Waals surface area (Å²) in [5, 5.41) is 8.50. The first-order valence-electron chi connectivity index (χ1n) is 5.38. The Labute approximate surface area is 108 Å². The number of halogens is 3. The average Bonchev–Trinajstić information content (AvgIpc) is 2.34. The van der Waals surface area contributed by atoms with Crippen molar-refractivity contribution in [1.82, 2.24) is 4.90 Å². The lowest BCUT2D eigenvalue weighted by atomic mass is 10.1. The number of carbonyl (C=O) groups excluding carboxylic acids is 1. The van der Waals surface area contributed by atoms with Gasteiger partial charge in [0.25, 0.3) is 12.3 Å². The summed E-state index contributed by atoms with van der Waals surface area (Å²) in [5.41, 5.74) is -0.00249. The fraction of sp³-hybridized carbons (Fsp3) is 0.308. The molecule has 1 aromatic rings. The summed E-state index contributed by atoms with van der Waals surface area (Å²) in [4.78, 5) is 12.5. The number of nitrogens with zero attached hydrogens (tertiary/aromatic N) is 1. The highest BCUT2D eigenvalue weighted by molar-refractivity contribution is 5.94. The van der Waals surface area contributed by atoms with E-state index >= 15 is 0 Å². The van der Waals surface area contributed by atoms with Crippen molar-refractivity contribution in [3.63, 3.8) is 0 Å². The van der Waals surface area contributed by atoms with Gasteiger partial charge in [0.1, 0.15) is 12.4 Å². The monoisotopic (exact) mass is 271 g/mol. The molecule has 0 fully saturated rings. The van der Waals surface area contributed by atoms with Crippen LogP contribution in [-0.2, 0) is 0 Å². The quantitative estimate of drug-likeness (QED) is 0.846. The number of aliphatic hydroxyl groups excluding tert-OH is 1. The molecule has 0 atom stereocenters. The Morgan fingerprint density at radius 2 is 2.16 bits per heavy atom. The number of aliphatic hydroxyl groups is 1. The summed E-state index contributed by atoms with van der Waals surface area (Å²) in [6.45, 7) is -1.12. The standard InChI is InChI=1S/C13H12F3NO2/c1-17(8-12(15)16)13(19)10-5-4-9(3-2-6-18)7-11(10)14/h4-5,7,12,18H,6,8H2,1H3. The van der Waals surface area contributed by atoms with E-state index in [1.165, 1.54) is 19.2 Å². The third-order valence-electron chi connectivity index (χ3n) is 2.27. The van der Waals surface area contributed by atoms with Gasteiger partial charge in [-0.05, 0) is 18.2 Å². The number of hydrogen-bond acceptors (Lipinski definition) is 2. The molecule has 0 saturated carbocycles. The van der Waals surface area contributed by atoms with Crippen molar-refractivity contribution in [2.45, 2.75) is 6.43 Å². The highest BCUT2D eigenvalue weighted by Gasteiger charge is 2.19. The number of benzene rings is 1. The fourth-order valence-corrected chi connectivity index (χ4v) is 1.40. The third kappa shape index (κ3) is 4.30. The molecule has 0 aliphatic heterocycles. The number of hydrogen-bond donors (Lipinski definition) is 1. The second-order valence-electron chi connectivity index (χ2n) is 3.73. The number of amides is 1. The molecule has 102 valence electrons. The van der Waals surface area contributed by atoms with E-state index in [1.54, 1.807) is 0 Å². The van der Waals surface area contributed by atoms with Crippen LogP contribution in [0.15, 0.2) is 18.2 Å². The molecule has 0 bridgehead atoms. The Balaban J connectivity index is 2.93. The molecule has 3 nitrogen and oxygen atoms in total. The van der Waals surface area contributed by atoms with E-state index in [0.717, 1.165) is 11.0 Å². The van der Waals surface area contributed by atoms with Crippen molar-refractivity contribution in [2.24, 2.45) is 0 Å². The van der Waals surface area contributed by atoms with Crippen molar-refractivity contribution in [2.75, 3.05) is 20.2 Å². The lowest BCUT2D eigenvalue weighted by Crippen LogP contribution is -2.31. The second kappa shape index (κ2) is 6.81. The lowest BCUT2D eigenvalue weighted by molar-refractivity contribution is 0.0616. The molecule has 0 heterocycles. The Bertz CT molecular complexity index is 520. The first-order valence-corrected chi connectivity index (χ1v) is 5.38. The van der Waals surface area contributed by atoms with Crippen LogP contribution in [0.1, 0.15) is 15.9 Å². The fourth-order valence-electron chi connectivity index (χ4n) is 1.40. The van der Waals surface area contributed by atoms with E-state index in [9.17, 15) is 18.0 Å². The van der Waals surface area contributed by atoms with E-state index in [0.29, 0.717) is 5.56 Å². The number of rotatable bonds is 3. The molecule has 0 aliphatic rings. The molecule has 19 heavy (non-hydrogen) atoms. The van der Waals surface area contributed by atoms with Crippen LogP contribution in [0.25, 0.3) is 0 Å². The predicted octanol–water partition coefficient (Wildman–Crippen LogP) is 1.51. The summed E-state index contributed by atoms with van der Waals surface area (Å²) in [6.07, 6.45) is -2.67. The van der Waals surface area contributed by atoms with Gasteiger partial charge >= 0.3 is 0 Å². The van der Waals surface area contributed by atoms with Gasteiger partial charge in [0.05, 0.1) is 12.1 Å². The third-order valence-corrected chi connectivity index (χ3v) is 2.27. The lowest BCUT2D eigenvalue weighted by Gasteiger charge is -2.16. The SMILES string of the molecule is CN(CC(F)F)C(=O)c1ccc(C#CCO)cc1F. The van der Waals surface area contributed by atoms with Crippen LogP contribution in [0, 0.1) is 17.7 Å². The van der Waals surface area contributed by atoms with Gasteiger partial charge in [0, 0.05) is 12.6 Å². The Hall–Kier alpha value is -2.00. The van der Waals surface area contributed by atoms with Crippen LogP contribution < -0.4 is 0 Å². The van der Waals surface area contributed by atoms with Gasteiger partial charge < -0.3 is 10.0 Å². The van der Waals surface area contributed by atoms with Crippen LogP contribution in [0.2, 0.25) is 0 Å². The molecule has 1 aromatic carbocycles. The summed E-state index contributed by atoms with van der Waals surface area (Å²) in [5.74, 6) is 3.15. The van der Waals surface area contributed by atoms with Gasteiger partial charge in [-0.25, -0.2) is 13.2 Å². The van der Waals surface area contributed by atoms with Crippen LogP contribution >= 0.6 is 0 Å². The van der Waals surface area contributed by atoms with E-state index < -0.39 is 24.7 Å². The largest absolute Gasteiger partial charge is 0.384 e. The normalized spacial score (nSPS) is 10.0. The van der Waals surface area contributed by atoms with Crippen molar-refractivity contribution in [1.29, 1.82) is 0 Å². The molecule has 0 aromatic heterocycles. The zero-order valence-corrected chi connectivity index (χ0v) is 10.2. The van der Waals surface area contributed by atoms with Crippen LogP contribution in [0.5, 0.6) is 0 Å². The molecule has 0 aliphatic carbocycles. The summed E-state index contributed by atoms with van der Waals surface area (Å²) >= 11 is 0. The molecular weight excluding hydrogens is 259 g/mol. The van der Waals surface area contributed by atoms with Crippen molar-refractivity contribution < 1.29 is 23.1 Å². The van der Waals surface area contributed by atoms with Crippen LogP contribution in [0.3, 0.4) is 0 Å².